The highest BCUT2D eigenvalue weighted by Crippen LogP contribution is 2.24. The number of terminal acetylenes is 1. The number of nitrogens with zero attached hydrogens (tertiary/aromatic N) is 1. The van der Waals surface area contributed by atoms with Crippen molar-refractivity contribution in [3.8, 4) is 18.1 Å². The Balaban J connectivity index is 1.94. The lowest BCUT2D eigenvalue weighted by Crippen LogP contribution is -2.54. The fraction of sp³-hybridized carbons (Fsp3) is 0.0500. The lowest BCUT2D eigenvalue weighted by atomic mass is 10.1. The van der Waals surface area contributed by atoms with Crippen molar-refractivity contribution in [1.82, 2.24) is 5.32 Å². The summed E-state index contributed by atoms with van der Waals surface area (Å²) in [5, 5.41) is 2.18. The Kier molecular flexibility index (Phi) is 5.38. The van der Waals surface area contributed by atoms with E-state index in [0.29, 0.717) is 17.0 Å². The summed E-state index contributed by atoms with van der Waals surface area (Å²) in [6, 6.07) is 12.6. The molecule has 3 rings (SSSR count). The van der Waals surface area contributed by atoms with Gasteiger partial charge in [0, 0.05) is 4.47 Å². The van der Waals surface area contributed by atoms with Crippen LogP contribution in [0.1, 0.15) is 5.56 Å². The molecule has 1 aliphatic heterocycles. The summed E-state index contributed by atoms with van der Waals surface area (Å²) in [6.45, 7) is 0.102. The van der Waals surface area contributed by atoms with Gasteiger partial charge >= 0.3 is 6.03 Å². The number of anilines is 1. The number of amides is 4. The van der Waals surface area contributed by atoms with Gasteiger partial charge in [0.25, 0.3) is 11.8 Å². The quantitative estimate of drug-likeness (QED) is 0.464. The van der Waals surface area contributed by atoms with E-state index in [0.717, 1.165) is 9.37 Å². The van der Waals surface area contributed by atoms with Gasteiger partial charge in [-0.15, -0.1) is 6.42 Å². The summed E-state index contributed by atoms with van der Waals surface area (Å²) in [6.07, 6.45) is 6.57. The molecule has 7 heteroatoms. The van der Waals surface area contributed by atoms with Gasteiger partial charge in [-0.1, -0.05) is 34.0 Å². The second kappa shape index (κ2) is 7.89. The number of rotatable bonds is 4. The van der Waals surface area contributed by atoms with Crippen molar-refractivity contribution in [2.24, 2.45) is 0 Å². The molecule has 27 heavy (non-hydrogen) atoms. The minimum Gasteiger partial charge on any atom is -0.481 e. The molecule has 0 aromatic heterocycles. The third-order valence-corrected chi connectivity index (χ3v) is 4.21. The van der Waals surface area contributed by atoms with Crippen molar-refractivity contribution in [2.75, 3.05) is 11.5 Å². The predicted molar refractivity (Wildman–Crippen MR) is 104 cm³/mol. The normalized spacial score (nSPS) is 15.5. The van der Waals surface area contributed by atoms with Gasteiger partial charge in [-0.25, -0.2) is 9.69 Å². The van der Waals surface area contributed by atoms with Gasteiger partial charge < -0.3 is 4.74 Å². The first-order valence-corrected chi connectivity index (χ1v) is 8.62. The van der Waals surface area contributed by atoms with Crippen LogP contribution in [0.4, 0.5) is 10.5 Å². The Morgan fingerprint density at radius 2 is 1.89 bits per heavy atom. The second-order valence-electron chi connectivity index (χ2n) is 5.50. The molecule has 1 saturated heterocycles. The Bertz CT molecular complexity index is 990. The van der Waals surface area contributed by atoms with Crippen LogP contribution in [0, 0.1) is 12.3 Å². The number of imide groups is 2. The number of hydrogen-bond acceptors (Lipinski definition) is 4. The molecule has 0 unspecified atom stereocenters. The van der Waals surface area contributed by atoms with Gasteiger partial charge in [-0.3, -0.25) is 14.9 Å². The molecular formula is C20H13BrN2O4. The average molecular weight is 425 g/mol. The van der Waals surface area contributed by atoms with Crippen LogP contribution < -0.4 is 15.0 Å². The van der Waals surface area contributed by atoms with Gasteiger partial charge in [0.15, 0.2) is 0 Å². The van der Waals surface area contributed by atoms with E-state index in [1.165, 1.54) is 6.08 Å². The number of urea groups is 1. The molecule has 0 saturated carbocycles. The standard InChI is InChI=1S/C20H13BrN2O4/c1-2-10-27-16-5-3-4-13(11-16)12-17-18(24)22-20(26)23(19(17)25)15-8-6-14(21)7-9-15/h1,3-9,11-12H,10H2,(H,22,24,26). The summed E-state index contributed by atoms with van der Waals surface area (Å²) in [4.78, 5) is 38.1. The van der Waals surface area contributed by atoms with Crippen LogP contribution >= 0.6 is 15.9 Å². The number of halogens is 1. The van der Waals surface area contributed by atoms with E-state index < -0.39 is 17.8 Å². The van der Waals surface area contributed by atoms with Crippen LogP contribution in [-0.2, 0) is 9.59 Å². The topological polar surface area (TPSA) is 75.7 Å². The van der Waals surface area contributed by atoms with Gasteiger partial charge in [0.2, 0.25) is 0 Å². The molecule has 1 heterocycles. The third kappa shape index (κ3) is 4.07. The van der Waals surface area contributed by atoms with Crippen molar-refractivity contribution in [3.05, 3.63) is 64.1 Å². The first-order chi connectivity index (χ1) is 13.0. The second-order valence-corrected chi connectivity index (χ2v) is 6.42. The zero-order chi connectivity index (χ0) is 19.4. The van der Waals surface area contributed by atoms with Crippen molar-refractivity contribution < 1.29 is 19.1 Å². The summed E-state index contributed by atoms with van der Waals surface area (Å²) in [7, 11) is 0. The van der Waals surface area contributed by atoms with Crippen LogP contribution in [0.25, 0.3) is 6.08 Å². The van der Waals surface area contributed by atoms with E-state index in [1.54, 1.807) is 48.5 Å². The Labute approximate surface area is 163 Å². The highest BCUT2D eigenvalue weighted by molar-refractivity contribution is 9.10. The Morgan fingerprint density at radius 1 is 1.15 bits per heavy atom. The zero-order valence-electron chi connectivity index (χ0n) is 13.9. The summed E-state index contributed by atoms with van der Waals surface area (Å²) in [5.41, 5.74) is 0.755. The lowest BCUT2D eigenvalue weighted by Gasteiger charge is -2.26. The molecule has 1 N–H and O–H groups in total. The van der Waals surface area contributed by atoms with Gasteiger partial charge in [-0.05, 0) is 48.0 Å². The van der Waals surface area contributed by atoms with Crippen molar-refractivity contribution in [3.63, 3.8) is 0 Å². The highest BCUT2D eigenvalue weighted by Gasteiger charge is 2.36. The predicted octanol–water partition coefficient (Wildman–Crippen LogP) is 3.13. The van der Waals surface area contributed by atoms with E-state index in [4.69, 9.17) is 11.2 Å². The number of hydrogen-bond donors (Lipinski definition) is 1. The molecule has 0 bridgehead atoms. The van der Waals surface area contributed by atoms with Gasteiger partial charge in [0.1, 0.15) is 17.9 Å². The highest BCUT2D eigenvalue weighted by atomic mass is 79.9. The SMILES string of the molecule is C#CCOc1cccc(C=C2C(=O)NC(=O)N(c3ccc(Br)cc3)C2=O)c1. The smallest absolute Gasteiger partial charge is 0.335 e. The van der Waals surface area contributed by atoms with E-state index in [1.807, 2.05) is 0 Å². The number of carbonyl (C=O) groups excluding carboxylic acids is 3. The number of nitrogens with one attached hydrogen (secondary N) is 1. The molecule has 2 aromatic rings. The first kappa shape index (κ1) is 18.4. The molecule has 2 aromatic carbocycles. The summed E-state index contributed by atoms with van der Waals surface area (Å²) < 4.78 is 6.14. The molecule has 4 amide bonds. The third-order valence-electron chi connectivity index (χ3n) is 3.68. The van der Waals surface area contributed by atoms with Crippen molar-refractivity contribution in [2.45, 2.75) is 0 Å². The molecule has 134 valence electrons. The molecule has 0 spiro atoms. The molecule has 6 nitrogen and oxygen atoms in total. The largest absolute Gasteiger partial charge is 0.481 e. The molecule has 1 fully saturated rings. The maximum absolute atomic E-state index is 12.8. The van der Waals surface area contributed by atoms with Gasteiger partial charge in [0.05, 0.1) is 5.69 Å². The Hall–Kier alpha value is -3.37. The minimum atomic E-state index is -0.796. The maximum atomic E-state index is 12.8. The molecular weight excluding hydrogens is 412 g/mol. The van der Waals surface area contributed by atoms with E-state index in [9.17, 15) is 14.4 Å². The van der Waals surface area contributed by atoms with Crippen LogP contribution in [-0.4, -0.2) is 24.5 Å². The number of ether oxygens (including phenoxy) is 1. The zero-order valence-corrected chi connectivity index (χ0v) is 15.5. The minimum absolute atomic E-state index is 0.102. The molecule has 0 radical (unpaired) electrons. The van der Waals surface area contributed by atoms with Gasteiger partial charge in [-0.2, -0.15) is 0 Å². The lowest BCUT2D eigenvalue weighted by molar-refractivity contribution is -0.122. The number of benzene rings is 2. The van der Waals surface area contributed by atoms with E-state index in [-0.39, 0.29) is 12.2 Å². The van der Waals surface area contributed by atoms with E-state index in [2.05, 4.69) is 27.2 Å². The van der Waals surface area contributed by atoms with Crippen LogP contribution in [0.3, 0.4) is 0 Å². The summed E-state index contributed by atoms with van der Waals surface area (Å²) in [5.74, 6) is 1.40. The fourth-order valence-corrected chi connectivity index (χ4v) is 2.73. The molecule has 0 aliphatic carbocycles. The van der Waals surface area contributed by atoms with Crippen LogP contribution in [0.15, 0.2) is 58.6 Å². The molecule has 0 atom stereocenters. The van der Waals surface area contributed by atoms with Crippen molar-refractivity contribution >= 4 is 45.5 Å². The molecule has 1 aliphatic rings. The van der Waals surface area contributed by atoms with Crippen LogP contribution in [0.2, 0.25) is 0 Å². The first-order valence-electron chi connectivity index (χ1n) is 7.83. The maximum Gasteiger partial charge on any atom is 0.335 e. The van der Waals surface area contributed by atoms with Crippen molar-refractivity contribution in [1.29, 1.82) is 0 Å². The van der Waals surface area contributed by atoms with E-state index >= 15 is 0 Å². The monoisotopic (exact) mass is 424 g/mol. The summed E-state index contributed by atoms with van der Waals surface area (Å²) >= 11 is 3.30. The van der Waals surface area contributed by atoms with Crippen LogP contribution in [0.5, 0.6) is 5.75 Å². The number of carbonyl (C=O) groups is 3. The number of barbiturate groups is 1. The average Bonchev–Trinajstić information content (AvgIpc) is 2.65. The Morgan fingerprint density at radius 3 is 2.59 bits per heavy atom. The fourth-order valence-electron chi connectivity index (χ4n) is 2.47.